The monoisotopic (exact) mass is 466 g/mol. The van der Waals surface area contributed by atoms with Gasteiger partial charge in [0, 0.05) is 17.7 Å². The van der Waals surface area contributed by atoms with Crippen molar-refractivity contribution >= 4 is 33.5 Å². The molecule has 0 unspecified atom stereocenters. The second kappa shape index (κ2) is 10.4. The molecule has 1 N–H and O–H groups in total. The highest BCUT2D eigenvalue weighted by atomic mass is 32.2. The van der Waals surface area contributed by atoms with E-state index in [2.05, 4.69) is 10.5 Å². The highest BCUT2D eigenvalue weighted by molar-refractivity contribution is 7.92. The third-order valence-corrected chi connectivity index (χ3v) is 5.27. The lowest BCUT2D eigenvalue weighted by atomic mass is 10.2. The predicted octanol–water partition coefficient (Wildman–Crippen LogP) is 1.54. The van der Waals surface area contributed by atoms with Crippen LogP contribution >= 0.6 is 0 Å². The van der Waals surface area contributed by atoms with Crippen LogP contribution in [0.15, 0.2) is 41.5 Å². The standard InChI is InChI=1S/C19H22N4O8S/c1-29-14-6-8-17(30-2)15(10-14)22(32(4,27)28)12-19(24)21-20-11-13-5-7-18(31-3)16(9-13)23(25)26/h5-11H,12H2,1-4H3,(H,21,24)/b20-11-. The van der Waals surface area contributed by atoms with Crippen LogP contribution in [0.3, 0.4) is 0 Å². The summed E-state index contributed by atoms with van der Waals surface area (Å²) in [7, 11) is 0.215. The average Bonchev–Trinajstić information content (AvgIpc) is 2.76. The SMILES string of the molecule is COc1ccc(OC)c(N(CC(=O)N/N=C\c2ccc(OC)c([N+](=O)[O-])c2)S(C)(=O)=O)c1. The van der Waals surface area contributed by atoms with Crippen LogP contribution in [0.1, 0.15) is 5.56 Å². The van der Waals surface area contributed by atoms with Gasteiger partial charge in [0.15, 0.2) is 5.75 Å². The van der Waals surface area contributed by atoms with Crippen molar-refractivity contribution in [2.75, 3.05) is 38.4 Å². The molecule has 0 saturated carbocycles. The Balaban J connectivity index is 2.21. The fraction of sp³-hybridized carbons (Fsp3) is 0.263. The number of carbonyl (C=O) groups is 1. The summed E-state index contributed by atoms with van der Waals surface area (Å²) in [4.78, 5) is 22.8. The molecule has 0 aliphatic rings. The van der Waals surface area contributed by atoms with Crippen LogP contribution in [0.2, 0.25) is 0 Å². The fourth-order valence-electron chi connectivity index (χ4n) is 2.65. The van der Waals surface area contributed by atoms with E-state index in [-0.39, 0.29) is 22.9 Å². The van der Waals surface area contributed by atoms with E-state index in [1.807, 2.05) is 0 Å². The first kappa shape index (κ1) is 24.4. The molecule has 2 aromatic rings. The van der Waals surface area contributed by atoms with E-state index in [4.69, 9.17) is 14.2 Å². The van der Waals surface area contributed by atoms with Crippen LogP contribution in [-0.4, -0.2) is 59.6 Å². The summed E-state index contributed by atoms with van der Waals surface area (Å²) in [5.74, 6) is -0.0844. The number of amides is 1. The number of nitrogens with zero attached hydrogens (tertiary/aromatic N) is 3. The largest absolute Gasteiger partial charge is 0.497 e. The lowest BCUT2D eigenvalue weighted by Gasteiger charge is -2.23. The molecule has 0 bridgehead atoms. The predicted molar refractivity (Wildman–Crippen MR) is 117 cm³/mol. The number of nitrogens with one attached hydrogen (secondary N) is 1. The molecule has 1 amide bonds. The highest BCUT2D eigenvalue weighted by Crippen LogP contribution is 2.33. The number of methoxy groups -OCH3 is 3. The van der Waals surface area contributed by atoms with Crippen LogP contribution in [0.5, 0.6) is 17.2 Å². The second-order valence-electron chi connectivity index (χ2n) is 6.29. The molecule has 13 heteroatoms. The summed E-state index contributed by atoms with van der Waals surface area (Å²) >= 11 is 0. The van der Waals surface area contributed by atoms with Gasteiger partial charge >= 0.3 is 5.69 Å². The second-order valence-corrected chi connectivity index (χ2v) is 8.20. The van der Waals surface area contributed by atoms with Gasteiger partial charge in [0.05, 0.1) is 44.4 Å². The van der Waals surface area contributed by atoms with Crippen molar-refractivity contribution in [2.45, 2.75) is 0 Å². The zero-order valence-corrected chi connectivity index (χ0v) is 18.6. The Kier molecular flexibility index (Phi) is 7.96. The van der Waals surface area contributed by atoms with E-state index < -0.39 is 27.4 Å². The van der Waals surface area contributed by atoms with Crippen molar-refractivity contribution in [2.24, 2.45) is 5.10 Å². The molecule has 0 fully saturated rings. The number of rotatable bonds is 10. The molecule has 0 aliphatic carbocycles. The summed E-state index contributed by atoms with van der Waals surface area (Å²) in [6.07, 6.45) is 2.13. The molecule has 32 heavy (non-hydrogen) atoms. The maximum absolute atomic E-state index is 12.4. The van der Waals surface area contributed by atoms with Gasteiger partial charge < -0.3 is 14.2 Å². The molecule has 0 spiro atoms. The zero-order chi connectivity index (χ0) is 23.9. The summed E-state index contributed by atoms with van der Waals surface area (Å²) < 4.78 is 40.7. The number of nitro groups is 1. The molecule has 2 rings (SSSR count). The molecule has 0 saturated heterocycles. The average molecular weight is 466 g/mol. The number of benzene rings is 2. The quantitative estimate of drug-likeness (QED) is 0.315. The molecular weight excluding hydrogens is 444 g/mol. The number of hydrazone groups is 1. The Morgan fingerprint density at radius 1 is 1.12 bits per heavy atom. The first-order valence-electron chi connectivity index (χ1n) is 8.94. The Morgan fingerprint density at radius 3 is 2.34 bits per heavy atom. The smallest absolute Gasteiger partial charge is 0.311 e. The Labute approximate surface area is 184 Å². The summed E-state index contributed by atoms with van der Waals surface area (Å²) in [6, 6.07) is 8.64. The first-order valence-corrected chi connectivity index (χ1v) is 10.8. The highest BCUT2D eigenvalue weighted by Gasteiger charge is 2.24. The van der Waals surface area contributed by atoms with E-state index in [9.17, 15) is 23.3 Å². The van der Waals surface area contributed by atoms with Gasteiger partial charge in [0.25, 0.3) is 5.91 Å². The van der Waals surface area contributed by atoms with Gasteiger partial charge in [0.1, 0.15) is 18.0 Å². The van der Waals surface area contributed by atoms with E-state index in [0.717, 1.165) is 10.6 Å². The van der Waals surface area contributed by atoms with Gasteiger partial charge in [-0.2, -0.15) is 5.10 Å². The maximum atomic E-state index is 12.4. The number of anilines is 1. The number of ether oxygens (including phenoxy) is 3. The Bertz CT molecular complexity index is 1130. The van der Waals surface area contributed by atoms with Crippen molar-refractivity contribution in [1.29, 1.82) is 0 Å². The zero-order valence-electron chi connectivity index (χ0n) is 17.8. The summed E-state index contributed by atoms with van der Waals surface area (Å²) in [5, 5.41) is 14.8. The van der Waals surface area contributed by atoms with Gasteiger partial charge in [-0.15, -0.1) is 0 Å². The van der Waals surface area contributed by atoms with Crippen molar-refractivity contribution in [3.63, 3.8) is 0 Å². The van der Waals surface area contributed by atoms with Crippen molar-refractivity contribution in [3.05, 3.63) is 52.1 Å². The molecule has 2 aromatic carbocycles. The van der Waals surface area contributed by atoms with E-state index in [1.54, 1.807) is 6.07 Å². The van der Waals surface area contributed by atoms with Crippen LogP contribution in [0.4, 0.5) is 11.4 Å². The molecule has 0 heterocycles. The topological polar surface area (TPSA) is 150 Å². The van der Waals surface area contributed by atoms with Gasteiger partial charge in [-0.1, -0.05) is 0 Å². The minimum atomic E-state index is -3.87. The number of hydrogen-bond acceptors (Lipinski definition) is 9. The Morgan fingerprint density at radius 2 is 1.78 bits per heavy atom. The van der Waals surface area contributed by atoms with Crippen molar-refractivity contribution < 1.29 is 32.3 Å². The lowest BCUT2D eigenvalue weighted by molar-refractivity contribution is -0.385. The van der Waals surface area contributed by atoms with E-state index >= 15 is 0 Å². The van der Waals surface area contributed by atoms with Gasteiger partial charge in [-0.25, -0.2) is 13.8 Å². The number of carbonyl (C=O) groups excluding carboxylic acids is 1. The van der Waals surface area contributed by atoms with Gasteiger partial charge in [0.2, 0.25) is 10.0 Å². The number of sulfonamides is 1. The van der Waals surface area contributed by atoms with E-state index in [1.165, 1.54) is 57.9 Å². The van der Waals surface area contributed by atoms with Gasteiger partial charge in [-0.3, -0.25) is 19.2 Å². The van der Waals surface area contributed by atoms with Crippen LogP contribution < -0.4 is 23.9 Å². The van der Waals surface area contributed by atoms with Crippen LogP contribution in [0, 0.1) is 10.1 Å². The summed E-state index contributed by atoms with van der Waals surface area (Å²) in [5.41, 5.74) is 2.37. The first-order chi connectivity index (χ1) is 15.1. The van der Waals surface area contributed by atoms with Gasteiger partial charge in [-0.05, 0) is 24.3 Å². The lowest BCUT2D eigenvalue weighted by Crippen LogP contribution is -2.39. The molecule has 0 atom stereocenters. The molecule has 0 aliphatic heterocycles. The fourth-order valence-corrected chi connectivity index (χ4v) is 3.50. The minimum Gasteiger partial charge on any atom is -0.497 e. The molecule has 12 nitrogen and oxygen atoms in total. The van der Waals surface area contributed by atoms with Crippen LogP contribution in [0.25, 0.3) is 0 Å². The molecule has 0 aromatic heterocycles. The van der Waals surface area contributed by atoms with Crippen molar-refractivity contribution in [3.8, 4) is 17.2 Å². The number of hydrogen-bond donors (Lipinski definition) is 1. The van der Waals surface area contributed by atoms with Crippen LogP contribution in [-0.2, 0) is 14.8 Å². The molecule has 0 radical (unpaired) electrons. The molecular formula is C19H22N4O8S. The normalized spacial score (nSPS) is 11.1. The molecule has 172 valence electrons. The van der Waals surface area contributed by atoms with E-state index in [0.29, 0.717) is 11.3 Å². The third-order valence-electron chi connectivity index (χ3n) is 4.14. The minimum absolute atomic E-state index is 0.0761. The third kappa shape index (κ3) is 6.07. The maximum Gasteiger partial charge on any atom is 0.311 e. The Hall–Kier alpha value is -3.87. The summed E-state index contributed by atoms with van der Waals surface area (Å²) in [6.45, 7) is -0.595. The van der Waals surface area contributed by atoms with Crippen molar-refractivity contribution in [1.82, 2.24) is 5.43 Å². The number of nitro benzene ring substituents is 1.